The number of carbonyl (C=O) groups excluding carboxylic acids is 2. The molecule has 1 heterocycles. The topological polar surface area (TPSA) is 115 Å². The minimum Gasteiger partial charge on any atom is -0.468 e. The highest BCUT2D eigenvalue weighted by Crippen LogP contribution is 2.20. The Bertz CT molecular complexity index is 1180. The third kappa shape index (κ3) is 6.17. The quantitative estimate of drug-likeness (QED) is 0.495. The van der Waals surface area contributed by atoms with Crippen molar-refractivity contribution in [2.45, 2.75) is 18.4 Å². The van der Waals surface area contributed by atoms with Crippen LogP contribution < -0.4 is 10.0 Å². The molecule has 162 valence electrons. The molecule has 8 nitrogen and oxygen atoms in total. The Balaban J connectivity index is 1.55. The van der Waals surface area contributed by atoms with Gasteiger partial charge in [0.2, 0.25) is 10.0 Å². The molecule has 31 heavy (non-hydrogen) atoms. The lowest BCUT2D eigenvalue weighted by Crippen LogP contribution is -2.23. The number of rotatable bonds is 8. The number of hydrogen-bond donors (Lipinski definition) is 2. The van der Waals surface area contributed by atoms with Gasteiger partial charge in [-0.15, -0.1) is 0 Å². The Kier molecular flexibility index (Phi) is 7.11. The monoisotopic (exact) mass is 462 g/mol. The van der Waals surface area contributed by atoms with Gasteiger partial charge in [-0.25, -0.2) is 17.9 Å². The Labute approximate surface area is 184 Å². The number of esters is 1. The lowest BCUT2D eigenvalue weighted by Gasteiger charge is -2.10. The van der Waals surface area contributed by atoms with Gasteiger partial charge in [0.25, 0.3) is 5.91 Å². The van der Waals surface area contributed by atoms with E-state index in [9.17, 15) is 18.0 Å². The number of hydrogen-bond acceptors (Lipinski definition) is 6. The molecule has 0 atom stereocenters. The first-order valence-electron chi connectivity index (χ1n) is 9.10. The van der Waals surface area contributed by atoms with Crippen LogP contribution in [0.5, 0.6) is 0 Å². The van der Waals surface area contributed by atoms with Crippen molar-refractivity contribution in [1.29, 1.82) is 0 Å². The number of sulfonamides is 1. The molecule has 3 aromatic rings. The van der Waals surface area contributed by atoms with Gasteiger partial charge in [-0.3, -0.25) is 4.79 Å². The summed E-state index contributed by atoms with van der Waals surface area (Å²) in [6, 6.07) is 13.5. The second kappa shape index (κ2) is 9.78. The Morgan fingerprint density at radius 2 is 1.84 bits per heavy atom. The van der Waals surface area contributed by atoms with Crippen molar-refractivity contribution in [2.24, 2.45) is 0 Å². The van der Waals surface area contributed by atoms with Crippen molar-refractivity contribution in [1.82, 2.24) is 4.72 Å². The number of aryl methyl sites for hydroxylation is 1. The van der Waals surface area contributed by atoms with Crippen LogP contribution >= 0.6 is 11.6 Å². The Morgan fingerprint density at radius 1 is 1.10 bits per heavy atom. The summed E-state index contributed by atoms with van der Waals surface area (Å²) in [5, 5.41) is 3.08. The van der Waals surface area contributed by atoms with Crippen molar-refractivity contribution in [2.75, 3.05) is 11.9 Å². The summed E-state index contributed by atoms with van der Waals surface area (Å²) < 4.78 is 37.1. The molecule has 0 fully saturated rings. The third-order valence-corrected chi connectivity index (χ3v) is 5.88. The molecule has 0 saturated carbocycles. The minimum atomic E-state index is -3.78. The average molecular weight is 463 g/mol. The van der Waals surface area contributed by atoms with Crippen molar-refractivity contribution < 1.29 is 27.2 Å². The molecule has 0 bridgehead atoms. The van der Waals surface area contributed by atoms with Gasteiger partial charge in [0, 0.05) is 10.7 Å². The number of amides is 1. The lowest BCUT2D eigenvalue weighted by molar-refractivity contribution is -0.119. The van der Waals surface area contributed by atoms with Gasteiger partial charge in [0.15, 0.2) is 6.61 Å². The summed E-state index contributed by atoms with van der Waals surface area (Å²) in [4.78, 5) is 24.2. The standard InChI is InChI=1S/C21H19ClN2O6S/c1-14-4-7-16(22)11-19(14)24-20(25)13-30-21(26)15-5-8-18(9-6-15)31(27,28)23-12-17-3-2-10-29-17/h2-11,23H,12-13H2,1H3,(H,24,25). The van der Waals surface area contributed by atoms with Crippen LogP contribution in [0.2, 0.25) is 5.02 Å². The van der Waals surface area contributed by atoms with Gasteiger partial charge in [-0.05, 0) is 61.0 Å². The van der Waals surface area contributed by atoms with Crippen LogP contribution in [-0.4, -0.2) is 26.9 Å². The van der Waals surface area contributed by atoms with Crippen LogP contribution in [0.15, 0.2) is 70.2 Å². The highest BCUT2D eigenvalue weighted by molar-refractivity contribution is 7.89. The molecule has 2 aromatic carbocycles. The van der Waals surface area contributed by atoms with Gasteiger partial charge < -0.3 is 14.5 Å². The van der Waals surface area contributed by atoms with Gasteiger partial charge in [-0.2, -0.15) is 0 Å². The van der Waals surface area contributed by atoms with E-state index in [1.807, 2.05) is 0 Å². The molecule has 3 rings (SSSR count). The summed E-state index contributed by atoms with van der Waals surface area (Å²) in [6.45, 7) is 1.30. The highest BCUT2D eigenvalue weighted by Gasteiger charge is 2.16. The van der Waals surface area contributed by atoms with E-state index >= 15 is 0 Å². The maximum Gasteiger partial charge on any atom is 0.338 e. The predicted octanol–water partition coefficient (Wildman–Crippen LogP) is 3.52. The first-order valence-corrected chi connectivity index (χ1v) is 11.0. The predicted molar refractivity (Wildman–Crippen MR) is 114 cm³/mol. The molecular formula is C21H19ClN2O6S. The van der Waals surface area contributed by atoms with E-state index in [1.54, 1.807) is 37.3 Å². The fraction of sp³-hybridized carbons (Fsp3) is 0.143. The van der Waals surface area contributed by atoms with Crippen molar-refractivity contribution in [3.63, 3.8) is 0 Å². The second-order valence-electron chi connectivity index (χ2n) is 6.51. The number of carbonyl (C=O) groups is 2. The summed E-state index contributed by atoms with van der Waals surface area (Å²) >= 11 is 5.91. The number of furan rings is 1. The lowest BCUT2D eigenvalue weighted by atomic mass is 10.2. The van der Waals surface area contributed by atoms with Gasteiger partial charge in [0.1, 0.15) is 5.76 Å². The molecule has 0 radical (unpaired) electrons. The number of benzene rings is 2. The molecule has 10 heteroatoms. The maximum atomic E-state index is 12.3. The summed E-state index contributed by atoms with van der Waals surface area (Å²) in [7, 11) is -3.78. The van der Waals surface area contributed by atoms with Crippen molar-refractivity contribution >= 4 is 39.2 Å². The van der Waals surface area contributed by atoms with Crippen LogP contribution in [0.1, 0.15) is 21.7 Å². The first-order chi connectivity index (χ1) is 14.7. The van der Waals surface area contributed by atoms with Gasteiger partial charge in [0.05, 0.1) is 23.3 Å². The molecule has 0 spiro atoms. The van der Waals surface area contributed by atoms with E-state index in [-0.39, 0.29) is 17.0 Å². The molecular weight excluding hydrogens is 444 g/mol. The Morgan fingerprint density at radius 3 is 2.52 bits per heavy atom. The molecule has 1 amide bonds. The molecule has 2 N–H and O–H groups in total. The summed E-state index contributed by atoms with van der Waals surface area (Å²) in [5.74, 6) is -0.819. The van der Waals surface area contributed by atoms with E-state index in [0.29, 0.717) is 16.5 Å². The molecule has 0 saturated heterocycles. The molecule has 0 aliphatic heterocycles. The first kappa shape index (κ1) is 22.5. The largest absolute Gasteiger partial charge is 0.468 e. The van der Waals surface area contributed by atoms with E-state index in [1.165, 1.54) is 30.5 Å². The highest BCUT2D eigenvalue weighted by atomic mass is 35.5. The smallest absolute Gasteiger partial charge is 0.338 e. The normalized spacial score (nSPS) is 11.2. The SMILES string of the molecule is Cc1ccc(Cl)cc1NC(=O)COC(=O)c1ccc(S(=O)(=O)NCc2ccco2)cc1. The number of ether oxygens (including phenoxy) is 1. The fourth-order valence-corrected chi connectivity index (χ4v) is 3.73. The molecule has 0 unspecified atom stereocenters. The van der Waals surface area contributed by atoms with Crippen LogP contribution in [0.3, 0.4) is 0 Å². The number of nitrogens with one attached hydrogen (secondary N) is 2. The fourth-order valence-electron chi connectivity index (χ4n) is 2.56. The van der Waals surface area contributed by atoms with Gasteiger partial charge >= 0.3 is 5.97 Å². The van der Waals surface area contributed by atoms with Crippen molar-refractivity contribution in [3.05, 3.63) is 82.8 Å². The van der Waals surface area contributed by atoms with Crippen molar-refractivity contribution in [3.8, 4) is 0 Å². The van der Waals surface area contributed by atoms with Gasteiger partial charge in [-0.1, -0.05) is 17.7 Å². The summed E-state index contributed by atoms with van der Waals surface area (Å²) in [6.07, 6.45) is 1.44. The third-order valence-electron chi connectivity index (χ3n) is 4.22. The van der Waals surface area contributed by atoms with E-state index < -0.39 is 28.5 Å². The van der Waals surface area contributed by atoms with Crippen LogP contribution in [0.4, 0.5) is 5.69 Å². The van der Waals surface area contributed by atoms with Crippen LogP contribution in [-0.2, 0) is 26.1 Å². The zero-order chi connectivity index (χ0) is 22.4. The number of halogens is 1. The Hall–Kier alpha value is -3.14. The molecule has 0 aliphatic rings. The van der Waals surface area contributed by atoms with E-state index in [2.05, 4.69) is 10.0 Å². The molecule has 0 aliphatic carbocycles. The molecule has 1 aromatic heterocycles. The maximum absolute atomic E-state index is 12.3. The summed E-state index contributed by atoms with van der Waals surface area (Å²) in [5.41, 5.74) is 1.43. The average Bonchev–Trinajstić information content (AvgIpc) is 3.27. The van der Waals surface area contributed by atoms with E-state index in [4.69, 9.17) is 20.8 Å². The second-order valence-corrected chi connectivity index (χ2v) is 8.72. The number of anilines is 1. The van der Waals surface area contributed by atoms with E-state index in [0.717, 1.165) is 5.56 Å². The zero-order valence-corrected chi connectivity index (χ0v) is 18.0. The minimum absolute atomic E-state index is 0.000336. The van der Waals surface area contributed by atoms with Crippen LogP contribution in [0.25, 0.3) is 0 Å². The van der Waals surface area contributed by atoms with Crippen LogP contribution in [0, 0.1) is 6.92 Å². The zero-order valence-electron chi connectivity index (χ0n) is 16.4.